The van der Waals surface area contributed by atoms with Crippen molar-refractivity contribution in [3.63, 3.8) is 0 Å². The van der Waals surface area contributed by atoms with E-state index < -0.39 is 0 Å². The van der Waals surface area contributed by atoms with E-state index in [0.29, 0.717) is 22.7 Å². The molecule has 5 nitrogen and oxygen atoms in total. The standard InChI is InChI=1S/C23H34N4O/c1-3-21(28)18-4-6-22(7-5-18)12-19(13-22)27-11-10-26(16-23(27)8-9-23)20-14-24-17(2)25-15-20/h14-15,18-19H,3-13,16H2,1-2H3. The molecule has 0 amide bonds. The van der Waals surface area contributed by atoms with Gasteiger partial charge in [-0.05, 0) is 63.7 Å². The second-order valence-corrected chi connectivity index (χ2v) is 9.98. The van der Waals surface area contributed by atoms with Crippen molar-refractivity contribution >= 4 is 11.5 Å². The summed E-state index contributed by atoms with van der Waals surface area (Å²) in [5.41, 5.74) is 2.15. The molecule has 0 aromatic carbocycles. The average Bonchev–Trinajstić information content (AvgIpc) is 3.46. The number of carbonyl (C=O) groups is 1. The molecule has 2 spiro atoms. The maximum Gasteiger partial charge on any atom is 0.135 e. The SMILES string of the molecule is CCC(=O)C1CCC2(CC1)CC(N1CCN(c3cnc(C)nc3)CC13CC3)C2. The van der Waals surface area contributed by atoms with Gasteiger partial charge in [-0.15, -0.1) is 0 Å². The number of ketones is 1. The first kappa shape index (κ1) is 18.5. The highest BCUT2D eigenvalue weighted by Gasteiger charge is 2.58. The van der Waals surface area contributed by atoms with Crippen LogP contribution in [0.15, 0.2) is 12.4 Å². The Morgan fingerprint density at radius 3 is 2.39 bits per heavy atom. The first-order valence-electron chi connectivity index (χ1n) is 11.4. The summed E-state index contributed by atoms with van der Waals surface area (Å²) in [5, 5.41) is 0. The van der Waals surface area contributed by atoms with E-state index in [1.54, 1.807) is 0 Å². The molecule has 5 rings (SSSR count). The number of aryl methyl sites for hydroxylation is 1. The Kier molecular flexibility index (Phi) is 4.49. The molecule has 0 N–H and O–H groups in total. The van der Waals surface area contributed by atoms with Crippen LogP contribution in [-0.2, 0) is 4.79 Å². The Bertz CT molecular complexity index is 725. The van der Waals surface area contributed by atoms with Gasteiger partial charge in [0.15, 0.2) is 0 Å². The third-order valence-corrected chi connectivity index (χ3v) is 8.29. The van der Waals surface area contributed by atoms with E-state index in [2.05, 4.69) is 19.8 Å². The van der Waals surface area contributed by atoms with E-state index in [1.165, 1.54) is 50.8 Å². The minimum atomic E-state index is 0.365. The summed E-state index contributed by atoms with van der Waals surface area (Å²) in [5.74, 6) is 1.71. The van der Waals surface area contributed by atoms with Gasteiger partial charge in [0.2, 0.25) is 0 Å². The molecule has 4 fully saturated rings. The summed E-state index contributed by atoms with van der Waals surface area (Å²) >= 11 is 0. The van der Waals surface area contributed by atoms with E-state index in [1.807, 2.05) is 26.2 Å². The van der Waals surface area contributed by atoms with Crippen LogP contribution in [0.3, 0.4) is 0 Å². The number of carbonyl (C=O) groups excluding carboxylic acids is 1. The van der Waals surface area contributed by atoms with Crippen LogP contribution in [0.1, 0.15) is 70.5 Å². The normalized spacial score (nSPS) is 34.4. The molecule has 3 saturated carbocycles. The lowest BCUT2D eigenvalue weighted by Gasteiger charge is -2.58. The molecule has 1 saturated heterocycles. The molecule has 2 heterocycles. The number of hydrogen-bond acceptors (Lipinski definition) is 5. The van der Waals surface area contributed by atoms with Crippen molar-refractivity contribution in [3.8, 4) is 0 Å². The predicted molar refractivity (Wildman–Crippen MR) is 110 cm³/mol. The Hall–Kier alpha value is -1.49. The molecule has 28 heavy (non-hydrogen) atoms. The van der Waals surface area contributed by atoms with Crippen LogP contribution < -0.4 is 4.90 Å². The van der Waals surface area contributed by atoms with Gasteiger partial charge in [0.25, 0.3) is 0 Å². The highest BCUT2D eigenvalue weighted by Crippen LogP contribution is 2.58. The summed E-state index contributed by atoms with van der Waals surface area (Å²) in [7, 11) is 0. The zero-order valence-corrected chi connectivity index (χ0v) is 17.5. The summed E-state index contributed by atoms with van der Waals surface area (Å²) < 4.78 is 0. The highest BCUT2D eigenvalue weighted by atomic mass is 16.1. The van der Waals surface area contributed by atoms with Crippen LogP contribution >= 0.6 is 0 Å². The molecule has 1 aliphatic heterocycles. The van der Waals surface area contributed by atoms with Crippen molar-refractivity contribution in [1.82, 2.24) is 14.9 Å². The van der Waals surface area contributed by atoms with E-state index in [-0.39, 0.29) is 0 Å². The van der Waals surface area contributed by atoms with Gasteiger partial charge in [0.05, 0.1) is 18.1 Å². The van der Waals surface area contributed by atoms with Crippen molar-refractivity contribution in [2.24, 2.45) is 11.3 Å². The lowest BCUT2D eigenvalue weighted by Crippen LogP contribution is -2.63. The number of hydrogen-bond donors (Lipinski definition) is 0. The number of aromatic nitrogens is 2. The van der Waals surface area contributed by atoms with Gasteiger partial charge in [0, 0.05) is 43.6 Å². The van der Waals surface area contributed by atoms with Crippen LogP contribution in [0.2, 0.25) is 0 Å². The van der Waals surface area contributed by atoms with E-state index >= 15 is 0 Å². The fourth-order valence-corrected chi connectivity index (χ4v) is 6.33. The van der Waals surface area contributed by atoms with E-state index in [0.717, 1.165) is 44.2 Å². The summed E-state index contributed by atoms with van der Waals surface area (Å²) in [6, 6.07) is 0.775. The molecule has 1 aromatic heterocycles. The van der Waals surface area contributed by atoms with E-state index in [9.17, 15) is 4.79 Å². The van der Waals surface area contributed by atoms with Crippen molar-refractivity contribution in [2.75, 3.05) is 24.5 Å². The Labute approximate surface area is 168 Å². The molecule has 0 radical (unpaired) electrons. The quantitative estimate of drug-likeness (QED) is 0.794. The van der Waals surface area contributed by atoms with Gasteiger partial charge in [-0.2, -0.15) is 0 Å². The van der Waals surface area contributed by atoms with Crippen molar-refractivity contribution < 1.29 is 4.79 Å². The third kappa shape index (κ3) is 3.16. The number of nitrogens with zero attached hydrogens (tertiary/aromatic N) is 4. The van der Waals surface area contributed by atoms with Gasteiger partial charge in [-0.1, -0.05) is 6.92 Å². The Morgan fingerprint density at radius 1 is 1.11 bits per heavy atom. The second-order valence-electron chi connectivity index (χ2n) is 9.98. The summed E-state index contributed by atoms with van der Waals surface area (Å²) in [6.45, 7) is 7.36. The maximum absolute atomic E-state index is 12.0. The van der Waals surface area contributed by atoms with Crippen molar-refractivity contribution in [1.29, 1.82) is 0 Å². The molecule has 0 atom stereocenters. The third-order valence-electron chi connectivity index (χ3n) is 8.29. The highest BCUT2D eigenvalue weighted by molar-refractivity contribution is 5.80. The van der Waals surface area contributed by atoms with Crippen LogP contribution in [0.4, 0.5) is 5.69 Å². The molecule has 0 bridgehead atoms. The zero-order chi connectivity index (χ0) is 19.4. The smallest absolute Gasteiger partial charge is 0.135 e. The molecular weight excluding hydrogens is 348 g/mol. The first-order chi connectivity index (χ1) is 13.5. The molecule has 4 aliphatic rings. The molecule has 1 aromatic rings. The Morgan fingerprint density at radius 2 is 1.79 bits per heavy atom. The minimum absolute atomic E-state index is 0.365. The topological polar surface area (TPSA) is 49.3 Å². The number of anilines is 1. The van der Waals surface area contributed by atoms with Crippen molar-refractivity contribution in [3.05, 3.63) is 18.2 Å². The maximum atomic E-state index is 12.0. The van der Waals surface area contributed by atoms with Crippen LogP contribution in [-0.4, -0.2) is 51.9 Å². The lowest BCUT2D eigenvalue weighted by molar-refractivity contribution is -0.126. The molecule has 0 unspecified atom stereocenters. The van der Waals surface area contributed by atoms with Gasteiger partial charge in [-0.25, -0.2) is 9.97 Å². The molecule has 5 heteroatoms. The second kappa shape index (κ2) is 6.79. The minimum Gasteiger partial charge on any atom is -0.366 e. The van der Waals surface area contributed by atoms with Gasteiger partial charge in [-0.3, -0.25) is 9.69 Å². The Balaban J connectivity index is 1.18. The van der Waals surface area contributed by atoms with E-state index in [4.69, 9.17) is 0 Å². The lowest BCUT2D eigenvalue weighted by atomic mass is 9.56. The average molecular weight is 383 g/mol. The van der Waals surface area contributed by atoms with Gasteiger partial charge in [0.1, 0.15) is 11.6 Å². The fraction of sp³-hybridized carbons (Fsp3) is 0.783. The zero-order valence-electron chi connectivity index (χ0n) is 17.5. The molecule has 3 aliphatic carbocycles. The first-order valence-corrected chi connectivity index (χ1v) is 11.4. The monoisotopic (exact) mass is 382 g/mol. The largest absolute Gasteiger partial charge is 0.366 e. The molecule has 152 valence electrons. The van der Waals surface area contributed by atoms with Gasteiger partial charge >= 0.3 is 0 Å². The molecular formula is C23H34N4O. The van der Waals surface area contributed by atoms with Crippen LogP contribution in [0.5, 0.6) is 0 Å². The summed E-state index contributed by atoms with van der Waals surface area (Å²) in [6.07, 6.45) is 15.0. The number of Topliss-reactive ketones (excluding diaryl/α,β-unsaturated/α-hetero) is 1. The summed E-state index contributed by atoms with van der Waals surface area (Å²) in [4.78, 5) is 26.2. The predicted octanol–water partition coefficient (Wildman–Crippen LogP) is 3.76. The number of rotatable bonds is 4. The van der Waals surface area contributed by atoms with Crippen LogP contribution in [0.25, 0.3) is 0 Å². The fourth-order valence-electron chi connectivity index (χ4n) is 6.33. The van der Waals surface area contributed by atoms with Gasteiger partial charge < -0.3 is 4.90 Å². The van der Waals surface area contributed by atoms with Crippen LogP contribution in [0, 0.1) is 18.3 Å². The van der Waals surface area contributed by atoms with Crippen molar-refractivity contribution in [2.45, 2.75) is 83.2 Å². The number of piperazine rings is 1.